The van der Waals surface area contributed by atoms with Gasteiger partial charge in [-0.3, -0.25) is 0 Å². The van der Waals surface area contributed by atoms with Crippen LogP contribution >= 0.6 is 0 Å². The van der Waals surface area contributed by atoms with E-state index in [1.165, 1.54) is 38.5 Å². The van der Waals surface area contributed by atoms with Crippen molar-refractivity contribution in [2.75, 3.05) is 79.6 Å². The normalized spacial score (nSPS) is 19.5. The van der Waals surface area contributed by atoms with Gasteiger partial charge in [0.2, 0.25) is 17.8 Å². The van der Waals surface area contributed by atoms with Gasteiger partial charge in [-0.2, -0.15) is 15.0 Å². The lowest BCUT2D eigenvalue weighted by Crippen LogP contribution is -2.36. The first kappa shape index (κ1) is 22.0. The molecule has 1 N–H and O–H groups in total. The van der Waals surface area contributed by atoms with Gasteiger partial charge < -0.3 is 29.5 Å². The van der Waals surface area contributed by atoms with Crippen molar-refractivity contribution in [2.24, 2.45) is 0 Å². The first-order valence-corrected chi connectivity index (χ1v) is 12.3. The smallest absolute Gasteiger partial charge is 0.233 e. The van der Waals surface area contributed by atoms with Gasteiger partial charge in [-0.1, -0.05) is 0 Å². The fourth-order valence-corrected chi connectivity index (χ4v) is 4.80. The molecule has 1 aromatic heterocycles. The first-order valence-electron chi connectivity index (χ1n) is 12.3. The van der Waals surface area contributed by atoms with E-state index in [1.807, 2.05) is 0 Å². The van der Waals surface area contributed by atoms with Gasteiger partial charge in [0.05, 0.1) is 26.0 Å². The predicted molar refractivity (Wildman–Crippen MR) is 131 cm³/mol. The van der Waals surface area contributed by atoms with E-state index in [4.69, 9.17) is 24.4 Å². The molecule has 0 atom stereocenters. The molecule has 0 spiro atoms. The van der Waals surface area contributed by atoms with E-state index in [2.05, 4.69) is 38.2 Å². The number of anilines is 5. The van der Waals surface area contributed by atoms with Crippen LogP contribution < -0.4 is 24.8 Å². The molecular formula is C24H35N7O2. The van der Waals surface area contributed by atoms with Crippen molar-refractivity contribution >= 4 is 29.2 Å². The van der Waals surface area contributed by atoms with Gasteiger partial charge in [0.15, 0.2) is 0 Å². The summed E-state index contributed by atoms with van der Waals surface area (Å²) in [7, 11) is 1.70. The third-order valence-electron chi connectivity index (χ3n) is 6.70. The van der Waals surface area contributed by atoms with E-state index < -0.39 is 0 Å². The Hall–Kier alpha value is -2.81. The van der Waals surface area contributed by atoms with Crippen molar-refractivity contribution in [3.8, 4) is 5.75 Å². The minimum Gasteiger partial charge on any atom is -0.494 e. The lowest BCUT2D eigenvalue weighted by molar-refractivity contribution is 0.122. The Labute approximate surface area is 196 Å². The number of nitrogens with zero attached hydrogens (tertiary/aromatic N) is 6. The molecule has 5 rings (SSSR count). The summed E-state index contributed by atoms with van der Waals surface area (Å²) in [6.45, 7) is 7.29. The van der Waals surface area contributed by atoms with Crippen LogP contribution in [-0.4, -0.2) is 74.5 Å². The third kappa shape index (κ3) is 5.24. The summed E-state index contributed by atoms with van der Waals surface area (Å²) < 4.78 is 11.2. The molecule has 3 aliphatic rings. The Bertz CT molecular complexity index is 887. The van der Waals surface area contributed by atoms with E-state index in [0.717, 1.165) is 81.5 Å². The highest BCUT2D eigenvalue weighted by atomic mass is 16.5. The second kappa shape index (κ2) is 10.4. The summed E-state index contributed by atoms with van der Waals surface area (Å²) in [5, 5.41) is 3.43. The number of benzene rings is 1. The Morgan fingerprint density at radius 3 is 1.94 bits per heavy atom. The molecule has 9 heteroatoms. The van der Waals surface area contributed by atoms with Gasteiger partial charge in [-0.05, 0) is 50.7 Å². The van der Waals surface area contributed by atoms with E-state index in [0.29, 0.717) is 5.95 Å². The largest absolute Gasteiger partial charge is 0.494 e. The number of nitrogens with one attached hydrogen (secondary N) is 1. The summed E-state index contributed by atoms with van der Waals surface area (Å²) in [6, 6.07) is 6.24. The zero-order valence-corrected chi connectivity index (χ0v) is 19.6. The van der Waals surface area contributed by atoms with Crippen molar-refractivity contribution in [1.29, 1.82) is 0 Å². The molecule has 0 bridgehead atoms. The number of rotatable bonds is 6. The summed E-state index contributed by atoms with van der Waals surface area (Å²) in [6.07, 6.45) is 7.29. The van der Waals surface area contributed by atoms with Crippen molar-refractivity contribution in [3.63, 3.8) is 0 Å². The highest BCUT2D eigenvalue weighted by Crippen LogP contribution is 2.32. The highest BCUT2D eigenvalue weighted by molar-refractivity contribution is 5.69. The number of methoxy groups -OCH3 is 1. The number of hydrogen-bond donors (Lipinski definition) is 1. The maximum atomic E-state index is 5.73. The van der Waals surface area contributed by atoms with Crippen molar-refractivity contribution in [1.82, 2.24) is 15.0 Å². The predicted octanol–water partition coefficient (Wildman–Crippen LogP) is 3.44. The number of ether oxygens (including phenoxy) is 2. The van der Waals surface area contributed by atoms with Crippen molar-refractivity contribution in [2.45, 2.75) is 38.5 Å². The fraction of sp³-hybridized carbons (Fsp3) is 0.625. The van der Waals surface area contributed by atoms with E-state index >= 15 is 0 Å². The van der Waals surface area contributed by atoms with Crippen LogP contribution in [0.15, 0.2) is 18.2 Å². The van der Waals surface area contributed by atoms with Gasteiger partial charge in [0.25, 0.3) is 0 Å². The number of morpholine rings is 1. The molecule has 3 aliphatic heterocycles. The van der Waals surface area contributed by atoms with Crippen LogP contribution in [0.4, 0.5) is 29.2 Å². The second-order valence-corrected chi connectivity index (χ2v) is 8.96. The molecule has 9 nitrogen and oxygen atoms in total. The fourth-order valence-electron chi connectivity index (χ4n) is 4.80. The molecule has 3 saturated heterocycles. The third-order valence-corrected chi connectivity index (χ3v) is 6.70. The lowest BCUT2D eigenvalue weighted by Gasteiger charge is -2.30. The maximum Gasteiger partial charge on any atom is 0.233 e. The van der Waals surface area contributed by atoms with E-state index in [9.17, 15) is 0 Å². The average Bonchev–Trinajstić information content (AvgIpc) is 2.90. The van der Waals surface area contributed by atoms with Crippen LogP contribution in [0.2, 0.25) is 0 Å². The van der Waals surface area contributed by atoms with Crippen LogP contribution in [0.5, 0.6) is 5.75 Å². The zero-order chi connectivity index (χ0) is 22.5. The standard InChI is InChI=1S/C24H35N7O2/c1-32-21-18-19(29-14-16-33-17-15-29)8-9-20(21)25-22-26-23(30-10-4-2-5-11-30)28-24(27-22)31-12-6-3-7-13-31/h8-9,18H,2-7,10-17H2,1H3,(H,25,26,27,28). The summed E-state index contributed by atoms with van der Waals surface area (Å²) in [4.78, 5) is 21.4. The molecule has 0 amide bonds. The SMILES string of the molecule is COc1cc(N2CCOCC2)ccc1Nc1nc(N2CCCCC2)nc(N2CCCCC2)n1. The van der Waals surface area contributed by atoms with E-state index in [1.54, 1.807) is 7.11 Å². The topological polar surface area (TPSA) is 78.9 Å². The maximum absolute atomic E-state index is 5.73. The summed E-state index contributed by atoms with van der Waals surface area (Å²) in [5.41, 5.74) is 1.99. The number of hydrogen-bond acceptors (Lipinski definition) is 9. The van der Waals surface area contributed by atoms with Gasteiger partial charge in [0.1, 0.15) is 5.75 Å². The van der Waals surface area contributed by atoms with Gasteiger partial charge in [-0.15, -0.1) is 0 Å². The number of piperidine rings is 2. The molecule has 0 radical (unpaired) electrons. The van der Waals surface area contributed by atoms with Gasteiger partial charge in [-0.25, -0.2) is 0 Å². The molecule has 3 fully saturated rings. The Balaban J connectivity index is 1.42. The quantitative estimate of drug-likeness (QED) is 0.707. The minimum absolute atomic E-state index is 0.573. The van der Waals surface area contributed by atoms with Gasteiger partial charge >= 0.3 is 0 Å². The highest BCUT2D eigenvalue weighted by Gasteiger charge is 2.21. The molecular weight excluding hydrogens is 418 g/mol. The minimum atomic E-state index is 0.573. The monoisotopic (exact) mass is 453 g/mol. The van der Waals surface area contributed by atoms with Crippen LogP contribution in [-0.2, 0) is 4.74 Å². The van der Waals surface area contributed by atoms with Crippen LogP contribution in [0, 0.1) is 0 Å². The Morgan fingerprint density at radius 2 is 1.36 bits per heavy atom. The molecule has 2 aromatic rings. The molecule has 0 saturated carbocycles. The van der Waals surface area contributed by atoms with Crippen molar-refractivity contribution < 1.29 is 9.47 Å². The molecule has 0 aliphatic carbocycles. The van der Waals surface area contributed by atoms with E-state index in [-0.39, 0.29) is 0 Å². The summed E-state index contributed by atoms with van der Waals surface area (Å²) in [5.74, 6) is 2.90. The van der Waals surface area contributed by atoms with Crippen molar-refractivity contribution in [3.05, 3.63) is 18.2 Å². The van der Waals surface area contributed by atoms with Crippen LogP contribution in [0.3, 0.4) is 0 Å². The average molecular weight is 454 g/mol. The molecule has 178 valence electrons. The summed E-state index contributed by atoms with van der Waals surface area (Å²) >= 11 is 0. The molecule has 33 heavy (non-hydrogen) atoms. The van der Waals surface area contributed by atoms with Gasteiger partial charge in [0, 0.05) is 51.0 Å². The molecule has 0 unspecified atom stereocenters. The molecule has 4 heterocycles. The van der Waals surface area contributed by atoms with Crippen LogP contribution in [0.25, 0.3) is 0 Å². The number of aromatic nitrogens is 3. The first-order chi connectivity index (χ1) is 16.3. The zero-order valence-electron chi connectivity index (χ0n) is 19.6. The lowest BCUT2D eigenvalue weighted by atomic mass is 10.1. The van der Waals surface area contributed by atoms with Crippen LogP contribution in [0.1, 0.15) is 38.5 Å². The molecule has 1 aromatic carbocycles. The Kier molecular flexibility index (Phi) is 6.95. The Morgan fingerprint density at radius 1 is 0.758 bits per heavy atom. The second-order valence-electron chi connectivity index (χ2n) is 8.96.